The average Bonchev–Trinajstić information content (AvgIpc) is 2.62. The number of nitrogens with zero attached hydrogens (tertiary/aromatic N) is 1. The SMILES string of the molecule is CCC=CC1=CC(c2cccc(Cl)c2)=CCN1Cc1ccccc1. The predicted octanol–water partition coefficient (Wildman–Crippen LogP) is 6.09. The standard InChI is InChI=1S/C22H22ClN/c1-2-3-12-22-16-20(19-10-7-11-21(23)15-19)13-14-24(22)17-18-8-5-4-6-9-18/h3-13,15-16H,2,14,17H2,1H3. The van der Waals surface area contributed by atoms with Gasteiger partial charge in [-0.15, -0.1) is 0 Å². The molecular formula is C22H22ClN. The fourth-order valence-electron chi connectivity index (χ4n) is 2.84. The summed E-state index contributed by atoms with van der Waals surface area (Å²) in [5.74, 6) is 0. The lowest BCUT2D eigenvalue weighted by molar-refractivity contribution is 0.382. The van der Waals surface area contributed by atoms with Gasteiger partial charge in [0, 0.05) is 23.8 Å². The van der Waals surface area contributed by atoms with Gasteiger partial charge in [0.05, 0.1) is 0 Å². The van der Waals surface area contributed by atoms with E-state index in [4.69, 9.17) is 11.6 Å². The van der Waals surface area contributed by atoms with Gasteiger partial charge in [-0.2, -0.15) is 0 Å². The van der Waals surface area contributed by atoms with Gasteiger partial charge < -0.3 is 4.90 Å². The first kappa shape index (κ1) is 16.6. The van der Waals surface area contributed by atoms with Crippen molar-refractivity contribution in [2.75, 3.05) is 6.54 Å². The van der Waals surface area contributed by atoms with Crippen LogP contribution in [0.5, 0.6) is 0 Å². The molecule has 1 aliphatic heterocycles. The van der Waals surface area contributed by atoms with Crippen LogP contribution in [0.25, 0.3) is 5.57 Å². The molecule has 0 saturated heterocycles. The highest BCUT2D eigenvalue weighted by atomic mass is 35.5. The Labute approximate surface area is 149 Å². The molecule has 2 heteroatoms. The van der Waals surface area contributed by atoms with Gasteiger partial charge in [0.1, 0.15) is 0 Å². The zero-order chi connectivity index (χ0) is 16.8. The van der Waals surface area contributed by atoms with Crippen LogP contribution in [0.15, 0.2) is 84.6 Å². The molecule has 0 aliphatic carbocycles. The van der Waals surface area contributed by atoms with Crippen molar-refractivity contribution < 1.29 is 0 Å². The maximum atomic E-state index is 6.15. The minimum absolute atomic E-state index is 0.777. The molecule has 0 aromatic heterocycles. The Balaban J connectivity index is 1.86. The Hall–Kier alpha value is -2.25. The molecule has 2 aromatic rings. The highest BCUT2D eigenvalue weighted by Gasteiger charge is 2.13. The summed E-state index contributed by atoms with van der Waals surface area (Å²) < 4.78 is 0. The lowest BCUT2D eigenvalue weighted by Crippen LogP contribution is -2.24. The molecule has 0 saturated carbocycles. The van der Waals surface area contributed by atoms with Crippen molar-refractivity contribution in [2.24, 2.45) is 0 Å². The van der Waals surface area contributed by atoms with Crippen LogP contribution in [-0.2, 0) is 6.54 Å². The van der Waals surface area contributed by atoms with Gasteiger partial charge in [-0.25, -0.2) is 0 Å². The molecule has 1 heterocycles. The minimum atomic E-state index is 0.777. The summed E-state index contributed by atoms with van der Waals surface area (Å²) in [4.78, 5) is 2.40. The second-order valence-electron chi connectivity index (χ2n) is 5.92. The van der Waals surface area contributed by atoms with Gasteiger partial charge in [-0.1, -0.05) is 73.1 Å². The van der Waals surface area contributed by atoms with Crippen LogP contribution in [0.3, 0.4) is 0 Å². The summed E-state index contributed by atoms with van der Waals surface area (Å²) in [5.41, 5.74) is 4.98. The molecule has 0 N–H and O–H groups in total. The number of hydrogen-bond acceptors (Lipinski definition) is 1. The van der Waals surface area contributed by atoms with Crippen molar-refractivity contribution in [3.05, 3.63) is 101 Å². The second-order valence-corrected chi connectivity index (χ2v) is 6.35. The third-order valence-electron chi connectivity index (χ3n) is 4.10. The van der Waals surface area contributed by atoms with Crippen molar-refractivity contribution in [3.63, 3.8) is 0 Å². The van der Waals surface area contributed by atoms with E-state index in [-0.39, 0.29) is 0 Å². The lowest BCUT2D eigenvalue weighted by Gasteiger charge is -2.29. The summed E-state index contributed by atoms with van der Waals surface area (Å²) in [7, 11) is 0. The molecule has 3 rings (SSSR count). The maximum absolute atomic E-state index is 6.15. The van der Waals surface area contributed by atoms with E-state index in [1.807, 2.05) is 18.2 Å². The Morgan fingerprint density at radius 3 is 2.67 bits per heavy atom. The molecule has 2 aromatic carbocycles. The third-order valence-corrected chi connectivity index (χ3v) is 4.33. The van der Waals surface area contributed by atoms with Crippen molar-refractivity contribution in [1.82, 2.24) is 4.90 Å². The molecular weight excluding hydrogens is 314 g/mol. The smallest absolute Gasteiger partial charge is 0.0432 e. The third kappa shape index (κ3) is 4.18. The number of benzene rings is 2. The Morgan fingerprint density at radius 2 is 1.92 bits per heavy atom. The first-order valence-corrected chi connectivity index (χ1v) is 8.77. The van der Waals surface area contributed by atoms with Gasteiger partial charge >= 0.3 is 0 Å². The lowest BCUT2D eigenvalue weighted by atomic mass is 10.0. The van der Waals surface area contributed by atoms with Gasteiger partial charge in [-0.3, -0.25) is 0 Å². The molecule has 1 nitrogen and oxygen atoms in total. The molecule has 122 valence electrons. The van der Waals surface area contributed by atoms with E-state index in [2.05, 4.69) is 72.5 Å². The van der Waals surface area contributed by atoms with E-state index >= 15 is 0 Å². The molecule has 0 unspecified atom stereocenters. The zero-order valence-electron chi connectivity index (χ0n) is 14.0. The molecule has 0 fully saturated rings. The molecule has 0 atom stereocenters. The molecule has 1 aliphatic rings. The van der Waals surface area contributed by atoms with E-state index in [1.165, 1.54) is 22.4 Å². The molecule has 0 bridgehead atoms. The van der Waals surface area contributed by atoms with Crippen molar-refractivity contribution >= 4 is 17.2 Å². The van der Waals surface area contributed by atoms with E-state index in [1.54, 1.807) is 0 Å². The molecule has 0 radical (unpaired) electrons. The van der Waals surface area contributed by atoms with Gasteiger partial charge in [0.15, 0.2) is 0 Å². The fraction of sp³-hybridized carbons (Fsp3) is 0.182. The summed E-state index contributed by atoms with van der Waals surface area (Å²) in [6.45, 7) is 3.98. The minimum Gasteiger partial charge on any atom is -0.363 e. The van der Waals surface area contributed by atoms with Crippen LogP contribution in [0, 0.1) is 0 Å². The van der Waals surface area contributed by atoms with E-state index < -0.39 is 0 Å². The maximum Gasteiger partial charge on any atom is 0.0432 e. The Bertz CT molecular complexity index is 772. The number of hydrogen-bond donors (Lipinski definition) is 0. The van der Waals surface area contributed by atoms with Crippen molar-refractivity contribution in [2.45, 2.75) is 19.9 Å². The van der Waals surface area contributed by atoms with Crippen molar-refractivity contribution in [1.29, 1.82) is 0 Å². The Kier molecular flexibility index (Phi) is 5.55. The molecule has 24 heavy (non-hydrogen) atoms. The number of halogens is 1. The van der Waals surface area contributed by atoms with Gasteiger partial charge in [-0.05, 0) is 47.4 Å². The summed E-state index contributed by atoms with van der Waals surface area (Å²) in [5, 5.41) is 0.777. The van der Waals surface area contributed by atoms with Crippen LogP contribution >= 0.6 is 11.6 Å². The van der Waals surface area contributed by atoms with Crippen LogP contribution in [0.1, 0.15) is 24.5 Å². The second kappa shape index (κ2) is 8.03. The normalized spacial score (nSPS) is 14.7. The van der Waals surface area contributed by atoms with E-state index in [0.717, 1.165) is 24.5 Å². The van der Waals surface area contributed by atoms with E-state index in [0.29, 0.717) is 0 Å². The first-order chi connectivity index (χ1) is 11.8. The quantitative estimate of drug-likeness (QED) is 0.639. The average molecular weight is 336 g/mol. The highest BCUT2D eigenvalue weighted by Crippen LogP contribution is 2.27. The fourth-order valence-corrected chi connectivity index (χ4v) is 3.03. The van der Waals surface area contributed by atoms with Gasteiger partial charge in [0.2, 0.25) is 0 Å². The van der Waals surface area contributed by atoms with Crippen LogP contribution < -0.4 is 0 Å². The van der Waals surface area contributed by atoms with Gasteiger partial charge in [0.25, 0.3) is 0 Å². The topological polar surface area (TPSA) is 3.24 Å². The summed E-state index contributed by atoms with van der Waals surface area (Å²) >= 11 is 6.15. The Morgan fingerprint density at radius 1 is 1.08 bits per heavy atom. The first-order valence-electron chi connectivity index (χ1n) is 8.39. The zero-order valence-corrected chi connectivity index (χ0v) is 14.7. The summed E-state index contributed by atoms with van der Waals surface area (Å²) in [6, 6.07) is 18.7. The number of rotatable bonds is 5. The molecule has 0 spiro atoms. The summed E-state index contributed by atoms with van der Waals surface area (Å²) in [6.07, 6.45) is 10.0. The number of allylic oxidation sites excluding steroid dienone is 4. The van der Waals surface area contributed by atoms with Crippen LogP contribution in [0.2, 0.25) is 5.02 Å². The van der Waals surface area contributed by atoms with E-state index in [9.17, 15) is 0 Å². The van der Waals surface area contributed by atoms with Crippen LogP contribution in [-0.4, -0.2) is 11.4 Å². The van der Waals surface area contributed by atoms with Crippen LogP contribution in [0.4, 0.5) is 0 Å². The monoisotopic (exact) mass is 335 g/mol. The highest BCUT2D eigenvalue weighted by molar-refractivity contribution is 6.30. The predicted molar refractivity (Wildman–Crippen MR) is 104 cm³/mol. The van der Waals surface area contributed by atoms with Crippen molar-refractivity contribution in [3.8, 4) is 0 Å². The largest absolute Gasteiger partial charge is 0.363 e. The molecule has 0 amide bonds.